The van der Waals surface area contributed by atoms with Crippen LogP contribution < -0.4 is 10.2 Å². The fourth-order valence-electron chi connectivity index (χ4n) is 5.37. The molecule has 5 atom stereocenters. The molecule has 2 saturated heterocycles. The largest absolute Gasteiger partial charge is 0.444 e. The first-order chi connectivity index (χ1) is 15.8. The molecule has 2 amide bonds. The molecule has 3 aliphatic rings. The van der Waals surface area contributed by atoms with Crippen LogP contribution in [0.2, 0.25) is 0 Å². The van der Waals surface area contributed by atoms with Crippen LogP contribution in [0, 0.1) is 11.8 Å². The lowest BCUT2D eigenvalue weighted by atomic mass is 9.97. The van der Waals surface area contributed by atoms with Gasteiger partial charge in [-0.15, -0.1) is 0 Å². The molecule has 0 bridgehead atoms. The van der Waals surface area contributed by atoms with Gasteiger partial charge >= 0.3 is 12.3 Å². The number of nitrogens with one attached hydrogen (secondary N) is 1. The Morgan fingerprint density at radius 2 is 1.82 bits per heavy atom. The number of nitrogens with zero attached hydrogens (tertiary/aromatic N) is 2. The second-order valence-corrected chi connectivity index (χ2v) is 10.6. The van der Waals surface area contributed by atoms with Gasteiger partial charge in [0.05, 0.1) is 12.1 Å². The molecule has 1 N–H and O–H groups in total. The van der Waals surface area contributed by atoms with Crippen molar-refractivity contribution in [2.45, 2.75) is 70.1 Å². The summed E-state index contributed by atoms with van der Waals surface area (Å²) in [5, 5.41) is 3.01. The van der Waals surface area contributed by atoms with Crippen molar-refractivity contribution in [3.8, 4) is 0 Å². The molecule has 10 heteroatoms. The number of benzene rings is 1. The van der Waals surface area contributed by atoms with Crippen molar-refractivity contribution in [3.05, 3.63) is 29.8 Å². The number of rotatable bonds is 3. The number of anilines is 1. The number of likely N-dealkylation sites (tertiary alicyclic amines) is 1. The Morgan fingerprint density at radius 1 is 1.09 bits per heavy atom. The average Bonchev–Trinajstić information content (AvgIpc) is 3.41. The van der Waals surface area contributed by atoms with Crippen LogP contribution >= 0.6 is 0 Å². The minimum Gasteiger partial charge on any atom is -0.444 e. The number of ether oxygens (including phenoxy) is 1. The van der Waals surface area contributed by atoms with Gasteiger partial charge in [0.25, 0.3) is 0 Å². The molecule has 1 aliphatic carbocycles. The lowest BCUT2D eigenvalue weighted by molar-refractivity contribution is -0.137. The zero-order chi connectivity index (χ0) is 24.8. The second kappa shape index (κ2) is 8.92. The third-order valence-corrected chi connectivity index (χ3v) is 6.90. The standard InChI is InChI=1S/C24H31F4N3O3/c1-23(2,3)34-22(33)31-12-16(25)10-20(31)21(32)29-19-8-7-14-11-30(13-18(14)19)17-6-4-5-15(9-17)24(26,27)28/h4-6,9,14,16,18-20H,7-8,10-13H2,1-3H3,(H,29,32)/t14-,16?,18+,19+,20?/m1/s1. The second-order valence-electron chi connectivity index (χ2n) is 10.6. The molecule has 0 radical (unpaired) electrons. The highest BCUT2D eigenvalue weighted by Gasteiger charge is 2.46. The zero-order valence-corrected chi connectivity index (χ0v) is 19.6. The van der Waals surface area contributed by atoms with E-state index in [1.807, 2.05) is 4.90 Å². The fraction of sp³-hybridized carbons (Fsp3) is 0.667. The molecule has 4 rings (SSSR count). The minimum absolute atomic E-state index is 0.0797. The van der Waals surface area contributed by atoms with Crippen molar-refractivity contribution < 1.29 is 31.9 Å². The molecule has 0 spiro atoms. The Kier molecular flexibility index (Phi) is 6.46. The van der Waals surface area contributed by atoms with Gasteiger partial charge in [0, 0.05) is 37.2 Å². The molecule has 2 heterocycles. The molecule has 0 aromatic heterocycles. The maximum atomic E-state index is 14.1. The lowest BCUT2D eigenvalue weighted by Gasteiger charge is -2.29. The maximum absolute atomic E-state index is 14.1. The molecule has 6 nitrogen and oxygen atoms in total. The highest BCUT2D eigenvalue weighted by Crippen LogP contribution is 2.41. The fourth-order valence-corrected chi connectivity index (χ4v) is 5.37. The third-order valence-electron chi connectivity index (χ3n) is 6.90. The van der Waals surface area contributed by atoms with E-state index in [0.29, 0.717) is 18.8 Å². The summed E-state index contributed by atoms with van der Waals surface area (Å²) in [7, 11) is 0. The summed E-state index contributed by atoms with van der Waals surface area (Å²) in [6.45, 7) is 6.09. The van der Waals surface area contributed by atoms with Crippen molar-refractivity contribution in [1.82, 2.24) is 10.2 Å². The van der Waals surface area contributed by atoms with E-state index in [9.17, 15) is 27.2 Å². The first kappa shape index (κ1) is 24.6. The van der Waals surface area contributed by atoms with Gasteiger partial charge < -0.3 is 15.0 Å². The Hall–Kier alpha value is -2.52. The van der Waals surface area contributed by atoms with E-state index in [1.54, 1.807) is 26.8 Å². The van der Waals surface area contributed by atoms with Crippen molar-refractivity contribution in [2.75, 3.05) is 24.5 Å². The van der Waals surface area contributed by atoms with Gasteiger partial charge in [0.2, 0.25) is 5.91 Å². The summed E-state index contributed by atoms with van der Waals surface area (Å²) in [5.74, 6) is -0.0791. The number of halogens is 4. The van der Waals surface area contributed by atoms with Gasteiger partial charge in [0.1, 0.15) is 17.8 Å². The highest BCUT2D eigenvalue weighted by molar-refractivity contribution is 5.86. The van der Waals surface area contributed by atoms with E-state index in [1.165, 1.54) is 6.07 Å². The number of alkyl halides is 4. The monoisotopic (exact) mass is 485 g/mol. The molecule has 1 saturated carbocycles. The predicted octanol–water partition coefficient (Wildman–Crippen LogP) is 4.38. The van der Waals surface area contributed by atoms with Crippen LogP contribution in [0.1, 0.15) is 45.6 Å². The predicted molar refractivity (Wildman–Crippen MR) is 118 cm³/mol. The van der Waals surface area contributed by atoms with Crippen molar-refractivity contribution >= 4 is 17.7 Å². The number of carbonyl (C=O) groups excluding carboxylic acids is 2. The molecule has 2 unspecified atom stereocenters. The van der Waals surface area contributed by atoms with E-state index in [4.69, 9.17) is 4.74 Å². The van der Waals surface area contributed by atoms with Crippen LogP contribution in [0.25, 0.3) is 0 Å². The van der Waals surface area contributed by atoms with Crippen LogP contribution in [0.15, 0.2) is 24.3 Å². The number of hydrogen-bond donors (Lipinski definition) is 1. The summed E-state index contributed by atoms with van der Waals surface area (Å²) in [6, 6.07) is 4.18. The van der Waals surface area contributed by atoms with Crippen molar-refractivity contribution in [3.63, 3.8) is 0 Å². The normalized spacial score (nSPS) is 29.3. The zero-order valence-electron chi connectivity index (χ0n) is 19.6. The van der Waals surface area contributed by atoms with E-state index >= 15 is 0 Å². The Morgan fingerprint density at radius 3 is 2.50 bits per heavy atom. The topological polar surface area (TPSA) is 61.9 Å². The molecule has 2 aliphatic heterocycles. The Labute approximate surface area is 196 Å². The first-order valence-corrected chi connectivity index (χ1v) is 11.7. The molecular weight excluding hydrogens is 454 g/mol. The van der Waals surface area contributed by atoms with E-state index in [2.05, 4.69) is 5.32 Å². The molecule has 188 valence electrons. The molecule has 1 aromatic rings. The van der Waals surface area contributed by atoms with Crippen LogP contribution in [0.5, 0.6) is 0 Å². The number of fused-ring (bicyclic) bond motifs is 1. The number of carbonyl (C=O) groups is 2. The third kappa shape index (κ3) is 5.25. The molecule has 34 heavy (non-hydrogen) atoms. The van der Waals surface area contributed by atoms with Crippen molar-refractivity contribution in [2.24, 2.45) is 11.8 Å². The van der Waals surface area contributed by atoms with Gasteiger partial charge in [-0.05, 0) is 57.7 Å². The van der Waals surface area contributed by atoms with Crippen LogP contribution in [0.4, 0.5) is 28.0 Å². The minimum atomic E-state index is -4.41. The summed E-state index contributed by atoms with van der Waals surface area (Å²) in [6.07, 6.45) is -4.91. The average molecular weight is 486 g/mol. The van der Waals surface area contributed by atoms with Crippen molar-refractivity contribution in [1.29, 1.82) is 0 Å². The number of hydrogen-bond acceptors (Lipinski definition) is 4. The van der Waals surface area contributed by atoms with Crippen LogP contribution in [-0.2, 0) is 15.7 Å². The highest BCUT2D eigenvalue weighted by atomic mass is 19.4. The summed E-state index contributed by atoms with van der Waals surface area (Å²) in [5.41, 5.74) is -0.931. The summed E-state index contributed by atoms with van der Waals surface area (Å²) < 4.78 is 58.8. The SMILES string of the molecule is CC(C)(C)OC(=O)N1CC(F)CC1C(=O)N[C@H]1CC[C@@H]2CN(c3cccc(C(F)(F)F)c3)C[C@@H]21. The van der Waals surface area contributed by atoms with Crippen LogP contribution in [0.3, 0.4) is 0 Å². The first-order valence-electron chi connectivity index (χ1n) is 11.7. The van der Waals surface area contributed by atoms with Gasteiger partial charge in [-0.25, -0.2) is 9.18 Å². The van der Waals surface area contributed by atoms with Gasteiger partial charge in [-0.1, -0.05) is 6.07 Å². The lowest BCUT2D eigenvalue weighted by Crippen LogP contribution is -2.51. The smallest absolute Gasteiger partial charge is 0.416 e. The van der Waals surface area contributed by atoms with Gasteiger partial charge in [-0.3, -0.25) is 9.69 Å². The van der Waals surface area contributed by atoms with Gasteiger partial charge in [-0.2, -0.15) is 13.2 Å². The molecular formula is C24H31F4N3O3. The Bertz CT molecular complexity index is 933. The maximum Gasteiger partial charge on any atom is 0.416 e. The number of amides is 2. The van der Waals surface area contributed by atoms with Crippen LogP contribution in [-0.4, -0.2) is 60.4 Å². The van der Waals surface area contributed by atoms with E-state index < -0.39 is 41.6 Å². The quantitative estimate of drug-likeness (QED) is 0.646. The van der Waals surface area contributed by atoms with E-state index in [-0.39, 0.29) is 30.8 Å². The Balaban J connectivity index is 1.41. The molecule has 3 fully saturated rings. The van der Waals surface area contributed by atoms with Gasteiger partial charge in [0.15, 0.2) is 0 Å². The summed E-state index contributed by atoms with van der Waals surface area (Å²) in [4.78, 5) is 28.7. The van der Waals surface area contributed by atoms with E-state index in [0.717, 1.165) is 29.9 Å². The molecule has 1 aromatic carbocycles. The summed E-state index contributed by atoms with van der Waals surface area (Å²) >= 11 is 0.